The average molecular weight is 366 g/mol. The molecule has 24 heavy (non-hydrogen) atoms. The Balaban J connectivity index is 1.94. The molecule has 3 rings (SSSR count). The average Bonchev–Trinajstić information content (AvgIpc) is 2.82. The number of pyridine rings is 1. The minimum atomic E-state index is -4.48. The van der Waals surface area contributed by atoms with Gasteiger partial charge in [-0.1, -0.05) is 30.0 Å². The largest absolute Gasteiger partial charge is 0.416 e. The number of alkyl halides is 3. The number of aromatic nitrogens is 1. The van der Waals surface area contributed by atoms with E-state index >= 15 is 0 Å². The molecule has 0 N–H and O–H groups in total. The van der Waals surface area contributed by atoms with Crippen LogP contribution in [0.4, 0.5) is 18.9 Å². The summed E-state index contributed by atoms with van der Waals surface area (Å²) in [6.07, 6.45) is 0.316. The van der Waals surface area contributed by atoms with E-state index in [1.807, 2.05) is 0 Å². The lowest BCUT2D eigenvalue weighted by molar-refractivity contribution is -0.137. The standard InChI is InChI=1S/C16H9F3N2OS2/c17-16(18,19)11-2-1-3-12(9-11)21-14(22)13(24-15(21)23)8-10-4-6-20-7-5-10/h1-9H. The maximum Gasteiger partial charge on any atom is 0.416 e. The van der Waals surface area contributed by atoms with Gasteiger partial charge in [0.25, 0.3) is 5.91 Å². The number of amides is 1. The molecule has 3 nitrogen and oxygen atoms in total. The van der Waals surface area contributed by atoms with Crippen LogP contribution < -0.4 is 4.90 Å². The van der Waals surface area contributed by atoms with E-state index in [1.165, 1.54) is 12.1 Å². The Morgan fingerprint density at radius 3 is 2.54 bits per heavy atom. The number of anilines is 1. The molecule has 1 saturated heterocycles. The first-order chi connectivity index (χ1) is 11.4. The summed E-state index contributed by atoms with van der Waals surface area (Å²) < 4.78 is 38.8. The van der Waals surface area contributed by atoms with E-state index in [2.05, 4.69) is 4.98 Å². The van der Waals surface area contributed by atoms with E-state index in [0.717, 1.165) is 34.4 Å². The van der Waals surface area contributed by atoms with Crippen molar-refractivity contribution in [3.05, 3.63) is 64.8 Å². The third-order valence-corrected chi connectivity index (χ3v) is 4.53. The van der Waals surface area contributed by atoms with Gasteiger partial charge in [0.15, 0.2) is 4.32 Å². The number of carbonyl (C=O) groups is 1. The number of hydrogen-bond acceptors (Lipinski definition) is 4. The quantitative estimate of drug-likeness (QED) is 0.579. The predicted molar refractivity (Wildman–Crippen MR) is 91.3 cm³/mol. The second-order valence-electron chi connectivity index (χ2n) is 4.85. The molecule has 1 amide bonds. The third kappa shape index (κ3) is 3.34. The second-order valence-corrected chi connectivity index (χ2v) is 6.52. The van der Waals surface area contributed by atoms with E-state index in [4.69, 9.17) is 12.2 Å². The zero-order chi connectivity index (χ0) is 17.3. The molecule has 0 unspecified atom stereocenters. The SMILES string of the molecule is O=C1C(=Cc2ccncc2)SC(=S)N1c1cccc(C(F)(F)F)c1. The lowest BCUT2D eigenvalue weighted by Gasteiger charge is -2.16. The first-order valence-electron chi connectivity index (χ1n) is 6.71. The van der Waals surface area contributed by atoms with Crippen LogP contribution in [0.3, 0.4) is 0 Å². The Labute approximate surface area is 145 Å². The van der Waals surface area contributed by atoms with E-state index in [-0.39, 0.29) is 10.0 Å². The fraction of sp³-hybridized carbons (Fsp3) is 0.0625. The summed E-state index contributed by atoms with van der Waals surface area (Å²) in [4.78, 5) is 17.9. The number of halogens is 3. The molecule has 1 aromatic heterocycles. The van der Waals surface area contributed by atoms with E-state index < -0.39 is 17.6 Å². The van der Waals surface area contributed by atoms with Gasteiger partial charge in [-0.3, -0.25) is 14.7 Å². The van der Waals surface area contributed by atoms with Crippen molar-refractivity contribution in [1.29, 1.82) is 0 Å². The molecular weight excluding hydrogens is 357 g/mol. The van der Waals surface area contributed by atoms with E-state index in [1.54, 1.807) is 30.6 Å². The van der Waals surface area contributed by atoms with Gasteiger partial charge < -0.3 is 0 Å². The van der Waals surface area contributed by atoms with Gasteiger partial charge in [0, 0.05) is 12.4 Å². The number of thioether (sulfide) groups is 1. The number of benzene rings is 1. The maximum absolute atomic E-state index is 12.9. The lowest BCUT2D eigenvalue weighted by atomic mass is 10.2. The van der Waals surface area contributed by atoms with Crippen molar-refractivity contribution in [1.82, 2.24) is 4.98 Å². The third-order valence-electron chi connectivity index (χ3n) is 3.23. The highest BCUT2D eigenvalue weighted by molar-refractivity contribution is 8.27. The van der Waals surface area contributed by atoms with Crippen LogP contribution in [-0.2, 0) is 11.0 Å². The monoisotopic (exact) mass is 366 g/mol. The molecule has 0 bridgehead atoms. The number of rotatable bonds is 2. The van der Waals surface area contributed by atoms with Gasteiger partial charge in [0.1, 0.15) is 0 Å². The summed E-state index contributed by atoms with van der Waals surface area (Å²) in [6, 6.07) is 7.99. The van der Waals surface area contributed by atoms with Crippen molar-refractivity contribution in [3.8, 4) is 0 Å². The normalized spacial score (nSPS) is 17.0. The van der Waals surface area contributed by atoms with Gasteiger partial charge in [-0.25, -0.2) is 0 Å². The molecule has 0 saturated carbocycles. The van der Waals surface area contributed by atoms with Crippen molar-refractivity contribution in [2.24, 2.45) is 0 Å². The van der Waals surface area contributed by atoms with Crippen LogP contribution in [-0.4, -0.2) is 15.2 Å². The second kappa shape index (κ2) is 6.37. The van der Waals surface area contributed by atoms with E-state index in [9.17, 15) is 18.0 Å². The van der Waals surface area contributed by atoms with Gasteiger partial charge in [-0.05, 0) is 42.0 Å². The molecule has 1 aromatic carbocycles. The molecule has 0 radical (unpaired) electrons. The molecule has 1 aliphatic heterocycles. The first kappa shape index (κ1) is 16.7. The highest BCUT2D eigenvalue weighted by Gasteiger charge is 2.35. The molecule has 1 aliphatic rings. The van der Waals surface area contributed by atoms with Crippen molar-refractivity contribution in [2.75, 3.05) is 4.90 Å². The number of carbonyl (C=O) groups excluding carboxylic acids is 1. The van der Waals surface area contributed by atoms with E-state index in [0.29, 0.717) is 4.91 Å². The molecule has 8 heteroatoms. The smallest absolute Gasteiger partial charge is 0.268 e. The Morgan fingerprint density at radius 1 is 1.17 bits per heavy atom. The summed E-state index contributed by atoms with van der Waals surface area (Å²) in [6.45, 7) is 0. The van der Waals surface area contributed by atoms with Crippen LogP contribution in [0.25, 0.3) is 6.08 Å². The number of hydrogen-bond donors (Lipinski definition) is 0. The highest BCUT2D eigenvalue weighted by atomic mass is 32.2. The Bertz CT molecular complexity index is 835. The van der Waals surface area contributed by atoms with Crippen LogP contribution in [0.2, 0.25) is 0 Å². The molecule has 0 spiro atoms. The number of nitrogens with zero attached hydrogens (tertiary/aromatic N) is 2. The molecule has 2 heterocycles. The first-order valence-corrected chi connectivity index (χ1v) is 7.94. The predicted octanol–water partition coefficient (Wildman–Crippen LogP) is 4.51. The summed E-state index contributed by atoms with van der Waals surface area (Å²) in [5.74, 6) is -0.443. The van der Waals surface area contributed by atoms with Gasteiger partial charge >= 0.3 is 6.18 Å². The summed E-state index contributed by atoms with van der Waals surface area (Å²) in [5, 5.41) is 0. The van der Waals surface area contributed by atoms with Crippen molar-refractivity contribution in [3.63, 3.8) is 0 Å². The molecule has 0 atom stereocenters. The van der Waals surface area contributed by atoms with Crippen LogP contribution >= 0.6 is 24.0 Å². The lowest BCUT2D eigenvalue weighted by Crippen LogP contribution is -2.27. The summed E-state index contributed by atoms with van der Waals surface area (Å²) in [7, 11) is 0. The zero-order valence-electron chi connectivity index (χ0n) is 11.9. The van der Waals surface area contributed by atoms with Gasteiger partial charge in [-0.15, -0.1) is 0 Å². The highest BCUT2D eigenvalue weighted by Crippen LogP contribution is 2.38. The van der Waals surface area contributed by atoms with Gasteiger partial charge in [-0.2, -0.15) is 13.2 Å². The fourth-order valence-corrected chi connectivity index (χ4v) is 3.42. The van der Waals surface area contributed by atoms with Crippen LogP contribution in [0.15, 0.2) is 53.7 Å². The molecule has 0 aliphatic carbocycles. The molecular formula is C16H9F3N2OS2. The van der Waals surface area contributed by atoms with Crippen molar-refractivity contribution in [2.45, 2.75) is 6.18 Å². The van der Waals surface area contributed by atoms with Crippen LogP contribution in [0.5, 0.6) is 0 Å². The fourth-order valence-electron chi connectivity index (χ4n) is 2.12. The molecule has 2 aromatic rings. The zero-order valence-corrected chi connectivity index (χ0v) is 13.6. The topological polar surface area (TPSA) is 33.2 Å². The van der Waals surface area contributed by atoms with Gasteiger partial charge in [0.2, 0.25) is 0 Å². The van der Waals surface area contributed by atoms with Crippen molar-refractivity contribution >= 4 is 46.0 Å². The van der Waals surface area contributed by atoms with Crippen LogP contribution in [0.1, 0.15) is 11.1 Å². The molecule has 122 valence electrons. The summed E-state index contributed by atoms with van der Waals surface area (Å²) in [5.41, 5.74) is 0.0344. The summed E-state index contributed by atoms with van der Waals surface area (Å²) >= 11 is 6.22. The molecule has 1 fully saturated rings. The number of thiocarbonyl (C=S) groups is 1. The minimum Gasteiger partial charge on any atom is -0.268 e. The maximum atomic E-state index is 12.9. The van der Waals surface area contributed by atoms with Crippen molar-refractivity contribution < 1.29 is 18.0 Å². The van der Waals surface area contributed by atoms with Gasteiger partial charge in [0.05, 0.1) is 16.2 Å². The minimum absolute atomic E-state index is 0.102. The van der Waals surface area contributed by atoms with Crippen LogP contribution in [0, 0.1) is 0 Å². The Morgan fingerprint density at radius 2 is 1.88 bits per heavy atom. The Hall–Kier alpha value is -2.19. The Kier molecular flexibility index (Phi) is 4.42.